The van der Waals surface area contributed by atoms with E-state index >= 15 is 0 Å². The van der Waals surface area contributed by atoms with Crippen LogP contribution in [0.1, 0.15) is 29.0 Å². The molecule has 1 N–H and O–H groups in total. The Labute approximate surface area is 192 Å². The molecule has 4 aromatic heterocycles. The number of thiophene rings is 1. The minimum absolute atomic E-state index is 0.0914. The molecular formula is C24H21N5O3S. The van der Waals surface area contributed by atoms with Crippen molar-refractivity contribution in [3.63, 3.8) is 0 Å². The molecule has 5 aromatic rings. The maximum absolute atomic E-state index is 13.5. The van der Waals surface area contributed by atoms with Crippen molar-refractivity contribution in [2.24, 2.45) is 0 Å². The first-order valence-electron chi connectivity index (χ1n) is 11.0. The summed E-state index contributed by atoms with van der Waals surface area (Å²) < 4.78 is 8.17. The second-order valence-electron chi connectivity index (χ2n) is 8.15. The molecule has 1 aliphatic rings. The van der Waals surface area contributed by atoms with Crippen LogP contribution in [0.25, 0.3) is 27.3 Å². The molecule has 8 nitrogen and oxygen atoms in total. The molecule has 0 saturated heterocycles. The number of furan rings is 1. The van der Waals surface area contributed by atoms with Gasteiger partial charge < -0.3 is 9.73 Å². The fourth-order valence-corrected chi connectivity index (χ4v) is 5.80. The number of hydrogen-bond donors (Lipinski definition) is 1. The predicted molar refractivity (Wildman–Crippen MR) is 125 cm³/mol. The van der Waals surface area contributed by atoms with Crippen LogP contribution in [0.2, 0.25) is 0 Å². The number of aryl methyl sites for hydroxylation is 2. The van der Waals surface area contributed by atoms with Crippen LogP contribution in [0.3, 0.4) is 0 Å². The van der Waals surface area contributed by atoms with Gasteiger partial charge in [-0.2, -0.15) is 4.52 Å². The first-order valence-corrected chi connectivity index (χ1v) is 11.8. The lowest BCUT2D eigenvalue weighted by Gasteiger charge is -2.11. The van der Waals surface area contributed by atoms with Gasteiger partial charge in [0.1, 0.15) is 17.1 Å². The summed E-state index contributed by atoms with van der Waals surface area (Å²) in [4.78, 5) is 33.1. The van der Waals surface area contributed by atoms with E-state index in [-0.39, 0.29) is 24.7 Å². The molecule has 4 heterocycles. The number of nitrogens with zero attached hydrogens (tertiary/aromatic N) is 4. The van der Waals surface area contributed by atoms with Gasteiger partial charge in [0.2, 0.25) is 5.91 Å². The maximum atomic E-state index is 13.5. The molecule has 0 unspecified atom stereocenters. The Morgan fingerprint density at radius 2 is 1.97 bits per heavy atom. The lowest BCUT2D eigenvalue weighted by atomic mass is 9.97. The van der Waals surface area contributed by atoms with Gasteiger partial charge in [-0.15, -0.1) is 16.4 Å². The zero-order valence-corrected chi connectivity index (χ0v) is 18.6. The molecule has 0 bridgehead atoms. The van der Waals surface area contributed by atoms with Crippen LogP contribution < -0.4 is 11.0 Å². The number of carbonyl (C=O) groups excluding carboxylic acids is 1. The third-order valence-corrected chi connectivity index (χ3v) is 7.33. The van der Waals surface area contributed by atoms with Gasteiger partial charge in [0.25, 0.3) is 0 Å². The molecule has 6 rings (SSSR count). The van der Waals surface area contributed by atoms with E-state index in [0.29, 0.717) is 17.2 Å². The molecule has 0 aliphatic heterocycles. The number of nitrogens with one attached hydrogen (secondary N) is 1. The van der Waals surface area contributed by atoms with Crippen molar-refractivity contribution in [3.8, 4) is 11.4 Å². The van der Waals surface area contributed by atoms with E-state index in [1.165, 1.54) is 19.5 Å². The fourth-order valence-electron chi connectivity index (χ4n) is 4.43. The summed E-state index contributed by atoms with van der Waals surface area (Å²) in [6, 6.07) is 13.2. The van der Waals surface area contributed by atoms with Crippen molar-refractivity contribution in [1.29, 1.82) is 0 Å². The molecule has 1 aliphatic carbocycles. The number of fused-ring (bicyclic) bond motifs is 5. The topological polar surface area (TPSA) is 94.4 Å². The Bertz CT molecular complexity index is 1530. The predicted octanol–water partition coefficient (Wildman–Crippen LogP) is 3.56. The highest BCUT2D eigenvalue weighted by molar-refractivity contribution is 7.19. The number of aromatic nitrogens is 4. The summed E-state index contributed by atoms with van der Waals surface area (Å²) in [5.41, 5.74) is 2.29. The zero-order valence-electron chi connectivity index (χ0n) is 17.8. The van der Waals surface area contributed by atoms with Crippen molar-refractivity contribution in [3.05, 3.63) is 75.4 Å². The van der Waals surface area contributed by atoms with E-state index in [2.05, 4.69) is 10.4 Å². The van der Waals surface area contributed by atoms with Crippen LogP contribution in [-0.4, -0.2) is 25.1 Å². The molecule has 1 aromatic carbocycles. The summed E-state index contributed by atoms with van der Waals surface area (Å²) in [5, 5.41) is 8.33. The van der Waals surface area contributed by atoms with Crippen LogP contribution in [-0.2, 0) is 30.7 Å². The third-order valence-electron chi connectivity index (χ3n) is 6.01. The standard InChI is InChI=1S/C24H21N5O3S/c30-19(25-13-16-9-6-12-32-16)14-28-23-20(17-10-4-5-11-18(17)33-23)22-26-21(27-29(22)24(28)31)15-7-2-1-3-8-15/h1-3,6-9,12H,4-5,10-11,13-14H2,(H,25,30). The van der Waals surface area contributed by atoms with Crippen LogP contribution >= 0.6 is 11.3 Å². The number of rotatable bonds is 5. The Morgan fingerprint density at radius 3 is 2.79 bits per heavy atom. The first-order chi connectivity index (χ1) is 16.2. The number of hydrogen-bond acceptors (Lipinski definition) is 6. The van der Waals surface area contributed by atoms with Gasteiger partial charge >= 0.3 is 5.69 Å². The summed E-state index contributed by atoms with van der Waals surface area (Å²) in [7, 11) is 0. The normalized spacial score (nSPS) is 13.5. The van der Waals surface area contributed by atoms with Crippen molar-refractivity contribution < 1.29 is 9.21 Å². The van der Waals surface area contributed by atoms with Gasteiger partial charge in [0, 0.05) is 10.4 Å². The molecule has 166 valence electrons. The highest BCUT2D eigenvalue weighted by Gasteiger charge is 2.25. The molecule has 0 atom stereocenters. The lowest BCUT2D eigenvalue weighted by Crippen LogP contribution is -2.34. The largest absolute Gasteiger partial charge is 0.467 e. The molecule has 33 heavy (non-hydrogen) atoms. The number of benzene rings is 1. The van der Waals surface area contributed by atoms with Crippen molar-refractivity contribution in [2.45, 2.75) is 38.8 Å². The van der Waals surface area contributed by atoms with Gasteiger partial charge in [-0.1, -0.05) is 30.3 Å². The Morgan fingerprint density at radius 1 is 1.12 bits per heavy atom. The average Bonchev–Trinajstić information content (AvgIpc) is 3.59. The van der Waals surface area contributed by atoms with Crippen LogP contribution in [0.4, 0.5) is 0 Å². The molecular weight excluding hydrogens is 438 g/mol. The molecule has 9 heteroatoms. The van der Waals surface area contributed by atoms with E-state index in [1.807, 2.05) is 30.3 Å². The smallest absolute Gasteiger partial charge is 0.352 e. The highest BCUT2D eigenvalue weighted by atomic mass is 32.1. The van der Waals surface area contributed by atoms with E-state index in [4.69, 9.17) is 9.40 Å². The number of carbonyl (C=O) groups is 1. The van der Waals surface area contributed by atoms with Gasteiger partial charge in [0.05, 0.1) is 18.2 Å². The molecule has 0 spiro atoms. The molecule has 0 saturated carbocycles. The summed E-state index contributed by atoms with van der Waals surface area (Å²) in [6.45, 7) is 0.181. The monoisotopic (exact) mass is 459 g/mol. The summed E-state index contributed by atoms with van der Waals surface area (Å²) in [6.07, 6.45) is 5.73. The average molecular weight is 460 g/mol. The Kier molecular flexibility index (Phi) is 4.83. The minimum Gasteiger partial charge on any atom is -0.467 e. The minimum atomic E-state index is -0.362. The van der Waals surface area contributed by atoms with Crippen molar-refractivity contribution >= 4 is 33.1 Å². The lowest BCUT2D eigenvalue weighted by molar-refractivity contribution is -0.121. The van der Waals surface area contributed by atoms with Crippen molar-refractivity contribution in [1.82, 2.24) is 24.5 Å². The van der Waals surface area contributed by atoms with E-state index in [0.717, 1.165) is 41.5 Å². The van der Waals surface area contributed by atoms with E-state index < -0.39 is 0 Å². The van der Waals surface area contributed by atoms with Gasteiger partial charge in [0.15, 0.2) is 11.5 Å². The van der Waals surface area contributed by atoms with Crippen molar-refractivity contribution in [2.75, 3.05) is 0 Å². The zero-order chi connectivity index (χ0) is 22.4. The Hall–Kier alpha value is -3.72. The summed E-state index contributed by atoms with van der Waals surface area (Å²) >= 11 is 1.60. The van der Waals surface area contributed by atoms with Crippen LogP contribution in [0.15, 0.2) is 57.9 Å². The van der Waals surface area contributed by atoms with Gasteiger partial charge in [-0.05, 0) is 43.4 Å². The Balaban J connectivity index is 1.49. The first kappa shape index (κ1) is 19.9. The molecule has 0 fully saturated rings. The van der Waals surface area contributed by atoms with E-state index in [1.54, 1.807) is 29.7 Å². The third kappa shape index (κ3) is 3.45. The van der Waals surface area contributed by atoms with Crippen LogP contribution in [0.5, 0.6) is 0 Å². The summed E-state index contributed by atoms with van der Waals surface area (Å²) in [5.74, 6) is 0.903. The van der Waals surface area contributed by atoms with Gasteiger partial charge in [-0.3, -0.25) is 9.36 Å². The van der Waals surface area contributed by atoms with Gasteiger partial charge in [-0.25, -0.2) is 9.78 Å². The second kappa shape index (κ2) is 8.00. The molecule has 0 radical (unpaired) electrons. The SMILES string of the molecule is O=C(Cn1c(=O)n2nc(-c3ccccc3)nc2c2c3c(sc21)CCCC3)NCc1ccco1. The number of amides is 1. The quantitative estimate of drug-likeness (QED) is 0.434. The maximum Gasteiger partial charge on any atom is 0.352 e. The highest BCUT2D eigenvalue weighted by Crippen LogP contribution is 2.37. The molecule has 1 amide bonds. The second-order valence-corrected chi connectivity index (χ2v) is 9.24. The van der Waals surface area contributed by atoms with E-state index in [9.17, 15) is 9.59 Å². The fraction of sp³-hybridized carbons (Fsp3) is 0.250. The van der Waals surface area contributed by atoms with Crippen LogP contribution in [0, 0.1) is 0 Å².